The van der Waals surface area contributed by atoms with Crippen LogP contribution in [0, 0.1) is 12.7 Å². The first-order chi connectivity index (χ1) is 9.25. The second-order valence-corrected chi connectivity index (χ2v) is 5.19. The van der Waals surface area contributed by atoms with E-state index in [1.54, 1.807) is 6.92 Å². The number of H-pyrrole nitrogens is 1. The third-order valence-electron chi connectivity index (χ3n) is 3.89. The van der Waals surface area contributed by atoms with Crippen LogP contribution in [0.5, 0.6) is 0 Å². The lowest BCUT2D eigenvalue weighted by atomic mass is 9.90. The molecule has 1 saturated heterocycles. The van der Waals surface area contributed by atoms with Gasteiger partial charge in [0, 0.05) is 17.2 Å². The highest BCUT2D eigenvalue weighted by molar-refractivity contribution is 5.66. The minimum Gasteiger partial charge on any atom is -0.317 e. The number of nitrogens with one attached hydrogen (secondary N) is 2. The molecule has 0 amide bonds. The van der Waals surface area contributed by atoms with E-state index in [0.717, 1.165) is 37.1 Å². The number of rotatable bonds is 2. The average Bonchev–Trinajstić information content (AvgIpc) is 2.92. The van der Waals surface area contributed by atoms with Crippen molar-refractivity contribution in [2.45, 2.75) is 25.7 Å². The fraction of sp³-hybridized carbons (Fsp3) is 0.400. The number of aromatic nitrogens is 2. The van der Waals surface area contributed by atoms with Crippen molar-refractivity contribution < 1.29 is 4.39 Å². The molecular formula is C15H18FN3. The van der Waals surface area contributed by atoms with Crippen molar-refractivity contribution >= 4 is 0 Å². The summed E-state index contributed by atoms with van der Waals surface area (Å²) in [4.78, 5) is 0. The highest BCUT2D eigenvalue weighted by Crippen LogP contribution is 2.32. The predicted molar refractivity (Wildman–Crippen MR) is 73.6 cm³/mol. The van der Waals surface area contributed by atoms with Crippen molar-refractivity contribution in [1.82, 2.24) is 15.5 Å². The first-order valence-electron chi connectivity index (χ1n) is 6.76. The summed E-state index contributed by atoms with van der Waals surface area (Å²) in [5.74, 6) is 0.361. The summed E-state index contributed by atoms with van der Waals surface area (Å²) in [5, 5.41) is 10.7. The second-order valence-electron chi connectivity index (χ2n) is 5.19. The van der Waals surface area contributed by atoms with E-state index in [0.29, 0.717) is 11.5 Å². The molecule has 3 nitrogen and oxygen atoms in total. The Kier molecular flexibility index (Phi) is 3.34. The number of aryl methyl sites for hydroxylation is 1. The van der Waals surface area contributed by atoms with Crippen molar-refractivity contribution in [3.63, 3.8) is 0 Å². The molecule has 0 radical (unpaired) electrons. The van der Waals surface area contributed by atoms with Crippen molar-refractivity contribution in [2.75, 3.05) is 13.1 Å². The molecule has 100 valence electrons. The van der Waals surface area contributed by atoms with Gasteiger partial charge in [0.15, 0.2) is 0 Å². The van der Waals surface area contributed by atoms with Gasteiger partial charge in [-0.2, -0.15) is 5.10 Å². The van der Waals surface area contributed by atoms with Crippen molar-refractivity contribution in [3.8, 4) is 11.1 Å². The smallest absolute Gasteiger partial charge is 0.126 e. The zero-order valence-electron chi connectivity index (χ0n) is 11.0. The maximum Gasteiger partial charge on any atom is 0.126 e. The highest BCUT2D eigenvalue weighted by Gasteiger charge is 2.20. The van der Waals surface area contributed by atoms with E-state index in [1.165, 1.54) is 11.8 Å². The zero-order chi connectivity index (χ0) is 13.2. The van der Waals surface area contributed by atoms with E-state index in [4.69, 9.17) is 0 Å². The van der Waals surface area contributed by atoms with Crippen LogP contribution in [0.25, 0.3) is 11.1 Å². The molecule has 1 aromatic carbocycles. The molecule has 2 heterocycles. The molecule has 0 unspecified atom stereocenters. The molecule has 0 bridgehead atoms. The minimum atomic E-state index is -0.157. The van der Waals surface area contributed by atoms with Crippen LogP contribution < -0.4 is 5.32 Å². The molecule has 4 heteroatoms. The highest BCUT2D eigenvalue weighted by atomic mass is 19.1. The Labute approximate surface area is 112 Å². The van der Waals surface area contributed by atoms with Crippen LogP contribution in [0.1, 0.15) is 30.0 Å². The second kappa shape index (κ2) is 5.13. The fourth-order valence-electron chi connectivity index (χ4n) is 2.76. The van der Waals surface area contributed by atoms with Crippen LogP contribution >= 0.6 is 0 Å². The molecule has 2 N–H and O–H groups in total. The quantitative estimate of drug-likeness (QED) is 0.870. The maximum absolute atomic E-state index is 13.4. The first-order valence-corrected chi connectivity index (χ1v) is 6.76. The van der Waals surface area contributed by atoms with E-state index in [1.807, 2.05) is 18.3 Å². The topological polar surface area (TPSA) is 40.7 Å². The number of nitrogens with zero attached hydrogens (tertiary/aromatic N) is 1. The monoisotopic (exact) mass is 259 g/mol. The summed E-state index contributed by atoms with van der Waals surface area (Å²) in [6, 6.07) is 5.26. The summed E-state index contributed by atoms with van der Waals surface area (Å²) in [6.45, 7) is 3.89. The molecular weight excluding hydrogens is 241 g/mol. The Morgan fingerprint density at radius 2 is 2.05 bits per heavy atom. The van der Waals surface area contributed by atoms with Gasteiger partial charge in [0.2, 0.25) is 0 Å². The Morgan fingerprint density at radius 3 is 2.79 bits per heavy atom. The van der Waals surface area contributed by atoms with Gasteiger partial charge in [0.1, 0.15) is 5.82 Å². The Bertz CT molecular complexity index is 571. The Hall–Kier alpha value is -1.68. The number of benzene rings is 1. The van der Waals surface area contributed by atoms with E-state index >= 15 is 0 Å². The molecule has 0 spiro atoms. The number of piperidine rings is 1. The molecule has 0 aliphatic carbocycles. The van der Waals surface area contributed by atoms with Crippen molar-refractivity contribution in [1.29, 1.82) is 0 Å². The molecule has 2 aromatic rings. The summed E-state index contributed by atoms with van der Waals surface area (Å²) >= 11 is 0. The van der Waals surface area contributed by atoms with Gasteiger partial charge in [-0.05, 0) is 56.1 Å². The van der Waals surface area contributed by atoms with Gasteiger partial charge < -0.3 is 5.32 Å². The maximum atomic E-state index is 13.4. The number of halogens is 1. The van der Waals surface area contributed by atoms with Gasteiger partial charge in [-0.25, -0.2) is 4.39 Å². The molecule has 1 aliphatic heterocycles. The van der Waals surface area contributed by atoms with Gasteiger partial charge in [-0.3, -0.25) is 5.10 Å². The van der Waals surface area contributed by atoms with Crippen LogP contribution in [0.3, 0.4) is 0 Å². The first kappa shape index (κ1) is 12.4. The molecule has 0 atom stereocenters. The molecule has 0 saturated carbocycles. The van der Waals surface area contributed by atoms with Crippen LogP contribution in [-0.2, 0) is 0 Å². The van der Waals surface area contributed by atoms with Crippen molar-refractivity contribution in [2.24, 2.45) is 0 Å². The van der Waals surface area contributed by atoms with Crippen molar-refractivity contribution in [3.05, 3.63) is 41.5 Å². The number of aromatic amines is 1. The normalized spacial score (nSPS) is 16.7. The van der Waals surface area contributed by atoms with Gasteiger partial charge in [-0.1, -0.05) is 6.07 Å². The van der Waals surface area contributed by atoms with Crippen LogP contribution in [0.4, 0.5) is 4.39 Å². The lowest BCUT2D eigenvalue weighted by Gasteiger charge is -2.22. The third kappa shape index (κ3) is 2.40. The van der Waals surface area contributed by atoms with E-state index in [-0.39, 0.29) is 5.82 Å². The standard InChI is InChI=1S/C15H18FN3/c1-10-8-12(2-3-14(10)16)13-9-18-19-15(13)11-4-6-17-7-5-11/h2-3,8-9,11,17H,4-7H2,1H3,(H,18,19). The fourth-order valence-corrected chi connectivity index (χ4v) is 2.76. The van der Waals surface area contributed by atoms with Gasteiger partial charge in [-0.15, -0.1) is 0 Å². The summed E-state index contributed by atoms with van der Waals surface area (Å²) in [6.07, 6.45) is 4.09. The molecule has 19 heavy (non-hydrogen) atoms. The summed E-state index contributed by atoms with van der Waals surface area (Å²) in [7, 11) is 0. The zero-order valence-corrected chi connectivity index (χ0v) is 11.0. The minimum absolute atomic E-state index is 0.157. The average molecular weight is 259 g/mol. The lowest BCUT2D eigenvalue weighted by molar-refractivity contribution is 0.453. The molecule has 1 fully saturated rings. The van der Waals surface area contributed by atoms with E-state index < -0.39 is 0 Å². The van der Waals surface area contributed by atoms with Gasteiger partial charge in [0.25, 0.3) is 0 Å². The summed E-state index contributed by atoms with van der Waals surface area (Å²) in [5.41, 5.74) is 4.01. The largest absolute Gasteiger partial charge is 0.317 e. The Balaban J connectivity index is 1.96. The van der Waals surface area contributed by atoms with E-state index in [2.05, 4.69) is 15.5 Å². The molecule has 1 aromatic heterocycles. The lowest BCUT2D eigenvalue weighted by Crippen LogP contribution is -2.27. The van der Waals surface area contributed by atoms with Crippen LogP contribution in [-0.4, -0.2) is 23.3 Å². The molecule has 3 rings (SSSR count). The number of hydrogen-bond donors (Lipinski definition) is 2. The van der Waals surface area contributed by atoms with E-state index in [9.17, 15) is 4.39 Å². The summed E-state index contributed by atoms with van der Waals surface area (Å²) < 4.78 is 13.4. The van der Waals surface area contributed by atoms with Crippen LogP contribution in [0.2, 0.25) is 0 Å². The van der Waals surface area contributed by atoms with Gasteiger partial charge >= 0.3 is 0 Å². The predicted octanol–water partition coefficient (Wildman–Crippen LogP) is 2.99. The number of hydrogen-bond acceptors (Lipinski definition) is 2. The van der Waals surface area contributed by atoms with Crippen LogP contribution in [0.15, 0.2) is 24.4 Å². The SMILES string of the molecule is Cc1cc(-c2cn[nH]c2C2CCNCC2)ccc1F. The molecule has 1 aliphatic rings. The third-order valence-corrected chi connectivity index (χ3v) is 3.89. The van der Waals surface area contributed by atoms with Gasteiger partial charge in [0.05, 0.1) is 6.20 Å². The Morgan fingerprint density at radius 1 is 1.26 bits per heavy atom.